The van der Waals surface area contributed by atoms with Gasteiger partial charge >= 0.3 is 12.0 Å². The van der Waals surface area contributed by atoms with Gasteiger partial charge in [-0.2, -0.15) is 0 Å². The Hall–Kier alpha value is -2.57. The van der Waals surface area contributed by atoms with Gasteiger partial charge in [-0.05, 0) is 38.3 Å². The van der Waals surface area contributed by atoms with Crippen LogP contribution in [0.1, 0.15) is 54.9 Å². The molecule has 3 N–H and O–H groups in total. The number of ether oxygens (including phenoxy) is 1. The van der Waals surface area contributed by atoms with E-state index in [1.165, 1.54) is 13.0 Å². The highest BCUT2D eigenvalue weighted by Gasteiger charge is 2.24. The second kappa shape index (κ2) is 8.50. The Morgan fingerprint density at radius 2 is 1.88 bits per heavy atom. The Morgan fingerprint density at radius 1 is 1.20 bits per heavy atom. The van der Waals surface area contributed by atoms with Crippen LogP contribution < -0.4 is 10.6 Å². The van der Waals surface area contributed by atoms with Crippen LogP contribution in [0.4, 0.5) is 4.79 Å². The number of hydrogen-bond acceptors (Lipinski definition) is 5. The minimum absolute atomic E-state index is 0.0219. The zero-order valence-electron chi connectivity index (χ0n) is 14.5. The molecular formula is C18H24N2O5. The summed E-state index contributed by atoms with van der Waals surface area (Å²) in [6.45, 7) is 3.02. The highest BCUT2D eigenvalue weighted by Crippen LogP contribution is 2.22. The first-order valence-electron chi connectivity index (χ1n) is 8.49. The van der Waals surface area contributed by atoms with E-state index in [2.05, 4.69) is 10.6 Å². The lowest BCUT2D eigenvalue weighted by atomic mass is 9.96. The Bertz CT molecular complexity index is 653. The molecule has 0 aromatic heterocycles. The van der Waals surface area contributed by atoms with Gasteiger partial charge in [0.2, 0.25) is 0 Å². The van der Waals surface area contributed by atoms with E-state index in [9.17, 15) is 19.5 Å². The summed E-state index contributed by atoms with van der Waals surface area (Å²) in [4.78, 5) is 35.9. The summed E-state index contributed by atoms with van der Waals surface area (Å²) < 4.78 is 5.03. The third-order valence-corrected chi connectivity index (χ3v) is 4.29. The van der Waals surface area contributed by atoms with Crippen LogP contribution in [0.25, 0.3) is 0 Å². The van der Waals surface area contributed by atoms with Crippen molar-refractivity contribution >= 4 is 17.9 Å². The predicted molar refractivity (Wildman–Crippen MR) is 91.3 cm³/mol. The fourth-order valence-electron chi connectivity index (χ4n) is 2.78. The topological polar surface area (TPSA) is 105 Å². The summed E-state index contributed by atoms with van der Waals surface area (Å²) in [5.41, 5.74) is 0.504. The maximum atomic E-state index is 12.1. The second-order valence-electron chi connectivity index (χ2n) is 6.32. The molecule has 1 saturated carbocycles. The van der Waals surface area contributed by atoms with Crippen molar-refractivity contribution in [2.75, 3.05) is 0 Å². The molecule has 136 valence electrons. The number of hydrogen-bond donors (Lipinski definition) is 3. The number of aromatic hydroxyl groups is 1. The number of carbonyl (C=O) groups excluding carboxylic acids is 3. The molecule has 0 bridgehead atoms. The monoisotopic (exact) mass is 348 g/mol. The fraction of sp³-hybridized carbons (Fsp3) is 0.500. The number of esters is 1. The van der Waals surface area contributed by atoms with E-state index in [-0.39, 0.29) is 17.4 Å². The van der Waals surface area contributed by atoms with Crippen molar-refractivity contribution in [3.05, 3.63) is 29.3 Å². The molecule has 0 unspecified atom stereocenters. The standard InChI is InChI=1S/C18H24N2O5/c1-11-7-6-10-14(15(11)21)17(23)25-12(2)16(22)20-18(24)19-13-8-4-3-5-9-13/h6-7,10,12-13,21H,3-5,8-9H2,1-2H3,(H2,19,20,22,24)/t12-/m0/s1. The SMILES string of the molecule is Cc1cccc(C(=O)O[C@@H](C)C(=O)NC(=O)NC2CCCCC2)c1O. The number of urea groups is 1. The quantitative estimate of drug-likeness (QED) is 0.725. The molecule has 2 rings (SSSR count). The molecule has 0 saturated heterocycles. The van der Waals surface area contributed by atoms with Gasteiger partial charge in [0, 0.05) is 6.04 Å². The van der Waals surface area contributed by atoms with Crippen molar-refractivity contribution in [1.29, 1.82) is 0 Å². The number of amides is 3. The Morgan fingerprint density at radius 3 is 2.56 bits per heavy atom. The maximum absolute atomic E-state index is 12.1. The van der Waals surface area contributed by atoms with Crippen LogP contribution in [0.3, 0.4) is 0 Å². The number of imide groups is 1. The predicted octanol–water partition coefficient (Wildman–Crippen LogP) is 2.40. The molecule has 1 aromatic rings. The van der Waals surface area contributed by atoms with Crippen molar-refractivity contribution in [3.63, 3.8) is 0 Å². The van der Waals surface area contributed by atoms with Gasteiger partial charge in [0.1, 0.15) is 11.3 Å². The van der Waals surface area contributed by atoms with Crippen molar-refractivity contribution in [3.8, 4) is 5.75 Å². The smallest absolute Gasteiger partial charge is 0.342 e. The summed E-state index contributed by atoms with van der Waals surface area (Å²) in [6, 6.07) is 4.15. The minimum atomic E-state index is -1.16. The number of benzene rings is 1. The molecular weight excluding hydrogens is 324 g/mol. The third kappa shape index (κ3) is 5.20. The lowest BCUT2D eigenvalue weighted by Crippen LogP contribution is -2.48. The number of carbonyl (C=O) groups is 3. The molecule has 0 aliphatic heterocycles. The van der Waals surface area contributed by atoms with E-state index < -0.39 is 24.0 Å². The number of aryl methyl sites for hydroxylation is 1. The zero-order valence-corrected chi connectivity index (χ0v) is 14.5. The fourth-order valence-corrected chi connectivity index (χ4v) is 2.78. The van der Waals surface area contributed by atoms with Crippen molar-refractivity contribution in [1.82, 2.24) is 10.6 Å². The highest BCUT2D eigenvalue weighted by atomic mass is 16.5. The maximum Gasteiger partial charge on any atom is 0.342 e. The number of phenolic OH excluding ortho intramolecular Hbond substituents is 1. The van der Waals surface area contributed by atoms with E-state index in [1.54, 1.807) is 19.1 Å². The van der Waals surface area contributed by atoms with Gasteiger partial charge in [0.05, 0.1) is 0 Å². The Labute approximate surface area is 146 Å². The van der Waals surface area contributed by atoms with Crippen LogP contribution in [-0.2, 0) is 9.53 Å². The van der Waals surface area contributed by atoms with Gasteiger partial charge in [0.15, 0.2) is 6.10 Å². The average molecular weight is 348 g/mol. The molecule has 25 heavy (non-hydrogen) atoms. The van der Waals surface area contributed by atoms with Crippen molar-refractivity contribution in [2.24, 2.45) is 0 Å². The molecule has 1 aromatic carbocycles. The Kier molecular flexibility index (Phi) is 6.38. The van der Waals surface area contributed by atoms with E-state index >= 15 is 0 Å². The van der Waals surface area contributed by atoms with E-state index in [4.69, 9.17) is 4.74 Å². The molecule has 0 radical (unpaired) electrons. The molecule has 1 atom stereocenters. The molecule has 1 fully saturated rings. The van der Waals surface area contributed by atoms with Gasteiger partial charge in [-0.15, -0.1) is 0 Å². The summed E-state index contributed by atoms with van der Waals surface area (Å²) in [5, 5.41) is 14.8. The summed E-state index contributed by atoms with van der Waals surface area (Å²) in [6.07, 6.45) is 3.93. The van der Waals surface area contributed by atoms with E-state index in [0.717, 1.165) is 32.1 Å². The largest absolute Gasteiger partial charge is 0.507 e. The summed E-state index contributed by atoms with van der Waals surface area (Å²) >= 11 is 0. The van der Waals surface area contributed by atoms with Gasteiger partial charge in [-0.3, -0.25) is 10.1 Å². The van der Waals surface area contributed by atoms with Crippen LogP contribution in [0, 0.1) is 6.92 Å². The molecule has 1 aliphatic carbocycles. The highest BCUT2D eigenvalue weighted by molar-refractivity contribution is 5.99. The molecule has 7 nitrogen and oxygen atoms in total. The molecule has 7 heteroatoms. The van der Waals surface area contributed by atoms with E-state index in [0.29, 0.717) is 5.56 Å². The minimum Gasteiger partial charge on any atom is -0.507 e. The van der Waals surface area contributed by atoms with Crippen LogP contribution in [-0.4, -0.2) is 35.2 Å². The van der Waals surface area contributed by atoms with Crippen molar-refractivity contribution in [2.45, 2.75) is 58.1 Å². The normalized spacial score (nSPS) is 15.9. The lowest BCUT2D eigenvalue weighted by Gasteiger charge is -2.23. The number of para-hydroxylation sites is 1. The summed E-state index contributed by atoms with van der Waals surface area (Å²) in [7, 11) is 0. The first-order valence-corrected chi connectivity index (χ1v) is 8.49. The zero-order chi connectivity index (χ0) is 18.4. The second-order valence-corrected chi connectivity index (χ2v) is 6.32. The van der Waals surface area contributed by atoms with Gasteiger partial charge in [-0.1, -0.05) is 31.4 Å². The average Bonchev–Trinajstić information content (AvgIpc) is 2.57. The lowest BCUT2D eigenvalue weighted by molar-refractivity contribution is -0.127. The van der Waals surface area contributed by atoms with Crippen LogP contribution in [0.15, 0.2) is 18.2 Å². The van der Waals surface area contributed by atoms with E-state index in [1.807, 2.05) is 0 Å². The first-order chi connectivity index (χ1) is 11.9. The molecule has 0 heterocycles. The van der Waals surface area contributed by atoms with Crippen LogP contribution in [0.5, 0.6) is 5.75 Å². The number of nitrogens with one attached hydrogen (secondary N) is 2. The van der Waals surface area contributed by atoms with Gasteiger partial charge in [0.25, 0.3) is 5.91 Å². The number of phenols is 1. The van der Waals surface area contributed by atoms with Crippen LogP contribution in [0.2, 0.25) is 0 Å². The molecule has 1 aliphatic rings. The summed E-state index contributed by atoms with van der Waals surface area (Å²) in [5.74, 6) is -1.72. The van der Waals surface area contributed by atoms with Crippen LogP contribution >= 0.6 is 0 Å². The van der Waals surface area contributed by atoms with Gasteiger partial charge < -0.3 is 15.2 Å². The Balaban J connectivity index is 1.85. The first kappa shape index (κ1) is 18.8. The third-order valence-electron chi connectivity index (χ3n) is 4.29. The van der Waals surface area contributed by atoms with Gasteiger partial charge in [-0.25, -0.2) is 9.59 Å². The number of rotatable bonds is 4. The molecule has 3 amide bonds. The van der Waals surface area contributed by atoms with Crippen molar-refractivity contribution < 1.29 is 24.2 Å². The molecule has 0 spiro atoms.